The number of hydrogen-bond acceptors (Lipinski definition) is 2. The lowest BCUT2D eigenvalue weighted by molar-refractivity contribution is -0.174. The van der Waals surface area contributed by atoms with Crippen molar-refractivity contribution in [1.82, 2.24) is 9.88 Å². The highest BCUT2D eigenvalue weighted by Gasteiger charge is 2.55. The molecule has 156 valence electrons. The van der Waals surface area contributed by atoms with Crippen LogP contribution in [0.3, 0.4) is 0 Å². The minimum atomic E-state index is -4.44. The normalized spacial score (nSPS) is 32.2. The van der Waals surface area contributed by atoms with Crippen molar-refractivity contribution in [3.8, 4) is 0 Å². The topological polar surface area (TPSA) is 56.3 Å². The Morgan fingerprint density at radius 3 is 2.59 bits per heavy atom. The van der Waals surface area contributed by atoms with Crippen molar-refractivity contribution in [2.24, 2.45) is 5.92 Å². The lowest BCUT2D eigenvalue weighted by Crippen LogP contribution is -2.65. The Morgan fingerprint density at radius 1 is 1.28 bits per heavy atom. The van der Waals surface area contributed by atoms with Crippen LogP contribution in [0.2, 0.25) is 0 Å². The third-order valence-electron chi connectivity index (χ3n) is 7.24. The van der Waals surface area contributed by atoms with Crippen LogP contribution in [0.1, 0.15) is 62.5 Å². The molecule has 4 bridgehead atoms. The number of halogens is 3. The molecule has 1 aromatic heterocycles. The molecule has 29 heavy (non-hydrogen) atoms. The summed E-state index contributed by atoms with van der Waals surface area (Å²) in [5.41, 5.74) is -0.323. The number of carbonyl (C=O) groups excluding carboxylic acids is 1. The lowest BCUT2D eigenvalue weighted by atomic mass is 9.61. The van der Waals surface area contributed by atoms with Crippen LogP contribution < -0.4 is 0 Å². The molecule has 4 nitrogen and oxygen atoms in total. The summed E-state index contributed by atoms with van der Waals surface area (Å²) in [5.74, 6) is 0.149. The zero-order valence-electron chi connectivity index (χ0n) is 16.3. The van der Waals surface area contributed by atoms with Crippen molar-refractivity contribution in [3.05, 3.63) is 35.5 Å². The van der Waals surface area contributed by atoms with E-state index in [1.54, 1.807) is 12.3 Å². The van der Waals surface area contributed by atoms with Crippen LogP contribution in [0, 0.1) is 5.92 Å². The number of aliphatic hydroxyl groups is 1. The number of amides is 1. The number of carbonyl (C=O) groups is 1. The molecule has 2 aromatic rings. The van der Waals surface area contributed by atoms with Gasteiger partial charge >= 0.3 is 6.18 Å². The standard InChI is InChI=1S/C22H25F3N2O2/c1-12(16-11-26-18-4-2-3-17(20(16)18)22(23,24)25)5-19(28)27-14-6-13-7-15(27)10-21(29,8-13)9-14/h2-4,11-15,26,29H,5-10H2,1H3. The van der Waals surface area contributed by atoms with Crippen molar-refractivity contribution in [3.63, 3.8) is 0 Å². The second-order valence-corrected chi connectivity index (χ2v) is 9.36. The third-order valence-corrected chi connectivity index (χ3v) is 7.24. The molecule has 6 rings (SSSR count). The molecule has 2 aliphatic heterocycles. The summed E-state index contributed by atoms with van der Waals surface area (Å²) in [7, 11) is 0. The van der Waals surface area contributed by atoms with E-state index in [4.69, 9.17) is 0 Å². The van der Waals surface area contributed by atoms with Crippen LogP contribution >= 0.6 is 0 Å². The Labute approximate surface area is 167 Å². The highest BCUT2D eigenvalue weighted by molar-refractivity contribution is 5.88. The quantitative estimate of drug-likeness (QED) is 0.784. The number of alkyl halides is 3. The Balaban J connectivity index is 1.40. The number of aromatic nitrogens is 1. The number of hydrogen-bond donors (Lipinski definition) is 2. The first-order valence-corrected chi connectivity index (χ1v) is 10.4. The number of piperidine rings is 2. The Morgan fingerprint density at radius 2 is 1.97 bits per heavy atom. The molecule has 4 aliphatic rings. The molecule has 2 saturated carbocycles. The highest BCUT2D eigenvalue weighted by atomic mass is 19.4. The fraction of sp³-hybridized carbons (Fsp3) is 0.591. The van der Waals surface area contributed by atoms with Crippen LogP contribution in [0.25, 0.3) is 10.9 Å². The summed E-state index contributed by atoms with van der Waals surface area (Å²) in [6.45, 7) is 1.82. The van der Waals surface area contributed by atoms with Crippen LogP contribution in [0.15, 0.2) is 24.4 Å². The van der Waals surface area contributed by atoms with Gasteiger partial charge in [-0.15, -0.1) is 0 Å². The van der Waals surface area contributed by atoms with E-state index in [9.17, 15) is 23.1 Å². The van der Waals surface area contributed by atoms with Crippen LogP contribution in [-0.2, 0) is 11.0 Å². The number of fused-ring (bicyclic) bond motifs is 1. The van der Waals surface area contributed by atoms with Gasteiger partial charge in [0, 0.05) is 35.6 Å². The van der Waals surface area contributed by atoms with Gasteiger partial charge in [-0.05, 0) is 61.6 Å². The van der Waals surface area contributed by atoms with E-state index in [0.29, 0.717) is 29.8 Å². The van der Waals surface area contributed by atoms with Crippen molar-refractivity contribution < 1.29 is 23.1 Å². The third kappa shape index (κ3) is 3.05. The van der Waals surface area contributed by atoms with Crippen molar-refractivity contribution >= 4 is 16.8 Å². The molecular weight excluding hydrogens is 381 g/mol. The number of rotatable bonds is 3. The molecule has 2 N–H and O–H groups in total. The van der Waals surface area contributed by atoms with Crippen LogP contribution in [0.4, 0.5) is 13.2 Å². The van der Waals surface area contributed by atoms with E-state index in [1.165, 1.54) is 6.07 Å². The highest BCUT2D eigenvalue weighted by Crippen LogP contribution is 2.51. The molecule has 0 spiro atoms. The molecule has 0 radical (unpaired) electrons. The maximum Gasteiger partial charge on any atom is 0.417 e. The predicted molar refractivity (Wildman–Crippen MR) is 102 cm³/mol. The van der Waals surface area contributed by atoms with Gasteiger partial charge in [-0.25, -0.2) is 0 Å². The SMILES string of the molecule is CC(CC(=O)N1C2CC3CC1CC(O)(C3)C2)c1c[nH]c2cccc(C(F)(F)F)c12. The maximum absolute atomic E-state index is 13.5. The average molecular weight is 406 g/mol. The van der Waals surface area contributed by atoms with Gasteiger partial charge in [0.05, 0.1) is 11.2 Å². The van der Waals surface area contributed by atoms with Gasteiger partial charge in [-0.1, -0.05) is 13.0 Å². The Bertz CT molecular complexity index is 951. The van der Waals surface area contributed by atoms with Gasteiger partial charge < -0.3 is 15.0 Å². The average Bonchev–Trinajstić information content (AvgIpc) is 3.03. The fourth-order valence-electron chi connectivity index (χ4n) is 6.31. The summed E-state index contributed by atoms with van der Waals surface area (Å²) < 4.78 is 40.5. The van der Waals surface area contributed by atoms with Gasteiger partial charge in [-0.3, -0.25) is 4.79 Å². The second-order valence-electron chi connectivity index (χ2n) is 9.36. The van der Waals surface area contributed by atoms with E-state index >= 15 is 0 Å². The first-order valence-electron chi connectivity index (χ1n) is 10.4. The largest absolute Gasteiger partial charge is 0.417 e. The zero-order chi connectivity index (χ0) is 20.6. The van der Waals surface area contributed by atoms with E-state index in [1.807, 2.05) is 11.8 Å². The molecule has 2 saturated heterocycles. The molecule has 4 fully saturated rings. The number of aromatic amines is 1. The Hall–Kier alpha value is -2.02. The predicted octanol–water partition coefficient (Wildman–Crippen LogP) is 4.58. The minimum absolute atomic E-state index is 0.00580. The molecule has 7 heteroatoms. The van der Waals surface area contributed by atoms with Gasteiger partial charge in [0.1, 0.15) is 0 Å². The number of benzene rings is 1. The molecule has 1 amide bonds. The second kappa shape index (κ2) is 6.24. The van der Waals surface area contributed by atoms with Crippen molar-refractivity contribution in [1.29, 1.82) is 0 Å². The summed E-state index contributed by atoms with van der Waals surface area (Å²) in [6.07, 6.45) is 1.31. The summed E-state index contributed by atoms with van der Waals surface area (Å²) >= 11 is 0. The lowest BCUT2D eigenvalue weighted by Gasteiger charge is -2.59. The molecule has 3 heterocycles. The molecular formula is C22H25F3N2O2. The molecule has 3 atom stereocenters. The maximum atomic E-state index is 13.5. The van der Waals surface area contributed by atoms with E-state index in [0.717, 1.165) is 25.3 Å². The number of nitrogens with one attached hydrogen (secondary N) is 1. The van der Waals surface area contributed by atoms with E-state index < -0.39 is 17.3 Å². The van der Waals surface area contributed by atoms with Gasteiger partial charge in [-0.2, -0.15) is 13.2 Å². The number of H-pyrrole nitrogens is 1. The van der Waals surface area contributed by atoms with Crippen LogP contribution in [-0.4, -0.2) is 38.6 Å². The first kappa shape index (κ1) is 19.0. The number of nitrogens with zero attached hydrogens (tertiary/aromatic N) is 1. The van der Waals surface area contributed by atoms with E-state index in [2.05, 4.69) is 4.98 Å². The monoisotopic (exact) mass is 406 g/mol. The van der Waals surface area contributed by atoms with Crippen molar-refractivity contribution in [2.75, 3.05) is 0 Å². The van der Waals surface area contributed by atoms with Gasteiger partial charge in [0.15, 0.2) is 0 Å². The summed E-state index contributed by atoms with van der Waals surface area (Å²) in [5, 5.41) is 10.9. The minimum Gasteiger partial charge on any atom is -0.390 e. The summed E-state index contributed by atoms with van der Waals surface area (Å²) in [6, 6.07) is 4.26. The van der Waals surface area contributed by atoms with Gasteiger partial charge in [0.25, 0.3) is 0 Å². The molecule has 2 aliphatic carbocycles. The van der Waals surface area contributed by atoms with Crippen molar-refractivity contribution in [2.45, 2.75) is 75.2 Å². The first-order chi connectivity index (χ1) is 13.6. The zero-order valence-corrected chi connectivity index (χ0v) is 16.3. The van der Waals surface area contributed by atoms with E-state index in [-0.39, 0.29) is 35.7 Å². The smallest absolute Gasteiger partial charge is 0.390 e. The molecule has 1 aromatic carbocycles. The van der Waals surface area contributed by atoms with Gasteiger partial charge in [0.2, 0.25) is 5.91 Å². The summed E-state index contributed by atoms with van der Waals surface area (Å²) in [4.78, 5) is 18.1. The Kier molecular flexibility index (Phi) is 4.08. The molecule has 3 unspecified atom stereocenters. The van der Waals surface area contributed by atoms with Crippen LogP contribution in [0.5, 0.6) is 0 Å². The fourth-order valence-corrected chi connectivity index (χ4v) is 6.31.